The molecule has 0 aromatic heterocycles. The first-order chi connectivity index (χ1) is 27.0. The van der Waals surface area contributed by atoms with E-state index in [0.29, 0.717) is 0 Å². The van der Waals surface area contributed by atoms with Crippen LogP contribution < -0.4 is 0 Å². The van der Waals surface area contributed by atoms with Gasteiger partial charge in [0.1, 0.15) is 0 Å². The van der Waals surface area contributed by atoms with Crippen LogP contribution in [0, 0.1) is 98.6 Å². The summed E-state index contributed by atoms with van der Waals surface area (Å²) in [4.78, 5) is 0. The lowest BCUT2D eigenvalue weighted by atomic mass is 9.61. The van der Waals surface area contributed by atoms with Crippen LogP contribution in [-0.4, -0.2) is 0 Å². The lowest BCUT2D eigenvalue weighted by Crippen LogP contribution is -2.32. The molecule has 0 amide bonds. The zero-order chi connectivity index (χ0) is 41.0. The van der Waals surface area contributed by atoms with Crippen LogP contribution >= 0.6 is 0 Å². The molecule has 0 N–H and O–H groups in total. The van der Waals surface area contributed by atoms with E-state index < -0.39 is 0 Å². The van der Waals surface area contributed by atoms with Crippen molar-refractivity contribution in [1.29, 1.82) is 0 Å². The summed E-state index contributed by atoms with van der Waals surface area (Å²) in [6, 6.07) is 0. The molecular formula is C57H104. The fourth-order valence-electron chi connectivity index (χ4n) is 16.4. The van der Waals surface area contributed by atoms with Gasteiger partial charge >= 0.3 is 0 Å². The van der Waals surface area contributed by atoms with E-state index in [1.807, 2.05) is 0 Å². The van der Waals surface area contributed by atoms with Crippen LogP contribution in [0.3, 0.4) is 0 Å². The highest BCUT2D eigenvalue weighted by Crippen LogP contribution is 2.64. The Balaban J connectivity index is 0.000000121. The van der Waals surface area contributed by atoms with Crippen LogP contribution in [0.5, 0.6) is 0 Å². The van der Waals surface area contributed by atoms with Gasteiger partial charge in [0, 0.05) is 0 Å². The summed E-state index contributed by atoms with van der Waals surface area (Å²) in [6.07, 6.45) is 44.6. The molecule has 57 heavy (non-hydrogen) atoms. The molecule has 10 aliphatic rings. The fraction of sp³-hybridized carbons (Fsp3) is 1.00. The van der Waals surface area contributed by atoms with Gasteiger partial charge in [-0.3, -0.25) is 0 Å². The maximum Gasteiger partial charge on any atom is -0.0269 e. The molecule has 10 fully saturated rings. The minimum atomic E-state index is 0.754. The Labute approximate surface area is 359 Å². The maximum atomic E-state index is 2.49. The normalized spacial score (nSPS) is 42.1. The molecule has 10 aliphatic carbocycles. The smallest absolute Gasteiger partial charge is 0.0269 e. The Hall–Kier alpha value is 0. The Morgan fingerprint density at radius 2 is 0.789 bits per heavy atom. The number of fused-ring (bicyclic) bond motifs is 8. The molecule has 1 spiro atoms. The van der Waals surface area contributed by atoms with Crippen molar-refractivity contribution in [3.05, 3.63) is 0 Å². The summed E-state index contributed by atoms with van der Waals surface area (Å²) in [7, 11) is 0. The second-order valence-corrected chi connectivity index (χ2v) is 26.4. The van der Waals surface area contributed by atoms with Crippen LogP contribution in [0.2, 0.25) is 0 Å². The highest BCUT2D eigenvalue weighted by atomic mass is 14.6. The molecule has 10 saturated carbocycles. The van der Waals surface area contributed by atoms with Gasteiger partial charge in [-0.1, -0.05) is 134 Å². The van der Waals surface area contributed by atoms with Gasteiger partial charge < -0.3 is 0 Å². The standard InChI is InChI=1S/C14H26.3C11H20.C10H18/c1-12(2)13-7-6-10-14(11-13)8-4-3-5-9-14;1-9(2)11-6-4-10(3,8-11)5-7-11;2*1-8(2)11-6-9-3-4-10(5-9)7-11;1-8(2)10-5-3-9(7-10)4-6-10/h12-13H,3-11H2,1-2H3;9H,4-8H2,1-3H3;2*8-11H,3-7H2,1-2H3;8-9H,3-7H2,1-2H3. The van der Waals surface area contributed by atoms with Crippen molar-refractivity contribution in [2.24, 2.45) is 98.6 Å². The molecule has 0 aromatic rings. The average molecular weight is 789 g/mol. The van der Waals surface area contributed by atoms with E-state index in [2.05, 4.69) is 76.2 Å². The number of hydrogen-bond donors (Lipinski definition) is 0. The molecular weight excluding hydrogens is 685 g/mol. The van der Waals surface area contributed by atoms with E-state index in [-0.39, 0.29) is 0 Å². The monoisotopic (exact) mass is 789 g/mol. The van der Waals surface area contributed by atoms with Crippen LogP contribution in [0.25, 0.3) is 0 Å². The van der Waals surface area contributed by atoms with E-state index in [9.17, 15) is 0 Å². The molecule has 8 bridgehead atoms. The molecule has 332 valence electrons. The third kappa shape index (κ3) is 11.9. The first-order valence-corrected chi connectivity index (χ1v) is 27.0. The van der Waals surface area contributed by atoms with Crippen molar-refractivity contribution >= 4 is 0 Å². The Morgan fingerprint density at radius 3 is 1.11 bits per heavy atom. The summed E-state index contributed by atoms with van der Waals surface area (Å²) >= 11 is 0. The lowest BCUT2D eigenvalue weighted by Gasteiger charge is -2.45. The summed E-state index contributed by atoms with van der Waals surface area (Å²) in [6.45, 7) is 26.6. The molecule has 5 atom stereocenters. The van der Waals surface area contributed by atoms with Crippen molar-refractivity contribution < 1.29 is 0 Å². The highest BCUT2D eigenvalue weighted by Gasteiger charge is 2.52. The molecule has 0 heterocycles. The third-order valence-corrected chi connectivity index (χ3v) is 21.0. The maximum absolute atomic E-state index is 2.49. The van der Waals surface area contributed by atoms with E-state index in [1.54, 1.807) is 96.3 Å². The van der Waals surface area contributed by atoms with Gasteiger partial charge in [0.25, 0.3) is 0 Å². The average Bonchev–Trinajstić information content (AvgIpc) is 4.06. The van der Waals surface area contributed by atoms with Gasteiger partial charge in [-0.05, 0) is 227 Å². The molecule has 0 saturated heterocycles. The second kappa shape index (κ2) is 20.0. The number of hydrogen-bond acceptors (Lipinski definition) is 0. The van der Waals surface area contributed by atoms with Gasteiger partial charge in [0.05, 0.1) is 0 Å². The Morgan fingerprint density at radius 1 is 0.351 bits per heavy atom. The zero-order valence-electron chi connectivity index (χ0n) is 41.0. The van der Waals surface area contributed by atoms with Crippen molar-refractivity contribution in [3.63, 3.8) is 0 Å². The molecule has 10 rings (SSSR count). The summed E-state index contributed by atoms with van der Waals surface area (Å²) in [5, 5.41) is 0. The molecule has 0 nitrogen and oxygen atoms in total. The highest BCUT2D eigenvalue weighted by molar-refractivity contribution is 5.03. The first-order valence-electron chi connectivity index (χ1n) is 27.0. The van der Waals surface area contributed by atoms with Gasteiger partial charge in [0.2, 0.25) is 0 Å². The summed E-state index contributed by atoms with van der Waals surface area (Å²) in [5.41, 5.74) is 3.15. The zero-order valence-corrected chi connectivity index (χ0v) is 41.0. The second-order valence-electron chi connectivity index (χ2n) is 26.4. The van der Waals surface area contributed by atoms with E-state index in [4.69, 9.17) is 0 Å². The minimum Gasteiger partial charge on any atom is -0.0625 e. The lowest BCUT2D eigenvalue weighted by molar-refractivity contribution is 0.0700. The van der Waals surface area contributed by atoms with Crippen molar-refractivity contribution in [3.8, 4) is 0 Å². The third-order valence-electron chi connectivity index (χ3n) is 21.0. The topological polar surface area (TPSA) is 0 Å². The summed E-state index contributed by atoms with van der Waals surface area (Å²) in [5.74, 6) is 13.5. The van der Waals surface area contributed by atoms with Gasteiger partial charge in [0.15, 0.2) is 0 Å². The minimum absolute atomic E-state index is 0.754. The predicted molar refractivity (Wildman–Crippen MR) is 251 cm³/mol. The Bertz CT molecular complexity index is 1100. The van der Waals surface area contributed by atoms with E-state index in [0.717, 1.165) is 98.6 Å². The molecule has 0 aliphatic heterocycles. The SMILES string of the molecule is CC(C)C12CCC(C)(CC1)C2.CC(C)C12CCC(CC1)C2.CC(C)C1CC2CCC(C2)C1.CC(C)C1CC2CCC(C2)C1.CC(C)C1CCCC2(CCCCC2)C1. The predicted octanol–water partition coefficient (Wildman–Crippen LogP) is 18.6. The largest absolute Gasteiger partial charge is 0.0625 e. The summed E-state index contributed by atoms with van der Waals surface area (Å²) < 4.78 is 0. The van der Waals surface area contributed by atoms with Gasteiger partial charge in [-0.25, -0.2) is 0 Å². The molecule has 5 unspecified atom stereocenters. The van der Waals surface area contributed by atoms with Crippen molar-refractivity contribution in [1.82, 2.24) is 0 Å². The van der Waals surface area contributed by atoms with E-state index >= 15 is 0 Å². The quantitative estimate of drug-likeness (QED) is 0.260. The van der Waals surface area contributed by atoms with Crippen LogP contribution in [0.15, 0.2) is 0 Å². The van der Waals surface area contributed by atoms with Gasteiger partial charge in [-0.15, -0.1) is 0 Å². The molecule has 0 radical (unpaired) electrons. The molecule has 0 aromatic carbocycles. The fourth-order valence-corrected chi connectivity index (χ4v) is 16.4. The first kappa shape index (κ1) is 46.5. The van der Waals surface area contributed by atoms with E-state index in [1.165, 1.54) is 89.9 Å². The Kier molecular flexibility index (Phi) is 16.3. The van der Waals surface area contributed by atoms with Crippen LogP contribution in [0.1, 0.15) is 262 Å². The van der Waals surface area contributed by atoms with Crippen LogP contribution in [-0.2, 0) is 0 Å². The van der Waals surface area contributed by atoms with Crippen LogP contribution in [0.4, 0.5) is 0 Å². The van der Waals surface area contributed by atoms with Gasteiger partial charge in [-0.2, -0.15) is 0 Å². The molecule has 0 heteroatoms. The van der Waals surface area contributed by atoms with Crippen molar-refractivity contribution in [2.75, 3.05) is 0 Å². The number of rotatable bonds is 5. The van der Waals surface area contributed by atoms with Crippen molar-refractivity contribution in [2.45, 2.75) is 262 Å².